The van der Waals surface area contributed by atoms with Crippen LogP contribution in [0.5, 0.6) is 0 Å². The van der Waals surface area contributed by atoms with E-state index >= 15 is 0 Å². The number of H-pyrrole nitrogens is 1. The third kappa shape index (κ3) is 3.14. The summed E-state index contributed by atoms with van der Waals surface area (Å²) in [6, 6.07) is 3.63. The summed E-state index contributed by atoms with van der Waals surface area (Å²) in [6.45, 7) is 8.43. The van der Waals surface area contributed by atoms with Crippen LogP contribution in [0.2, 0.25) is 0 Å². The molecule has 0 saturated carbocycles. The summed E-state index contributed by atoms with van der Waals surface area (Å²) in [4.78, 5) is 21.6. The zero-order valence-electron chi connectivity index (χ0n) is 14.0. The van der Waals surface area contributed by atoms with Gasteiger partial charge in [0.1, 0.15) is 5.65 Å². The minimum atomic E-state index is -0.0700. The Labute approximate surface area is 139 Å². The van der Waals surface area contributed by atoms with Crippen molar-refractivity contribution in [1.82, 2.24) is 24.7 Å². The first-order valence-electron chi connectivity index (χ1n) is 7.61. The molecule has 0 aliphatic carbocycles. The molecule has 3 rings (SSSR count). The molecule has 0 unspecified atom stereocenters. The summed E-state index contributed by atoms with van der Waals surface area (Å²) >= 11 is 1.47. The molecule has 3 heterocycles. The van der Waals surface area contributed by atoms with E-state index in [-0.39, 0.29) is 5.56 Å². The number of hydrogen-bond acceptors (Lipinski definition) is 5. The van der Waals surface area contributed by atoms with Crippen LogP contribution in [-0.4, -0.2) is 31.0 Å². The minimum Gasteiger partial charge on any atom is -0.292 e. The maximum absolute atomic E-state index is 12.7. The predicted octanol–water partition coefficient (Wildman–Crippen LogP) is 3.26. The first-order valence-corrected chi connectivity index (χ1v) is 8.84. The average Bonchev–Trinajstić information content (AvgIpc) is 3.10. The first-order chi connectivity index (χ1) is 11.2. The molecule has 0 fully saturated rings. The van der Waals surface area contributed by atoms with E-state index in [4.69, 9.17) is 0 Å². The number of nitrogens with zero attached hydrogens (tertiary/aromatic N) is 4. The number of aromatic amines is 1. The molecule has 23 heavy (non-hydrogen) atoms. The average molecular weight is 331 g/mol. The molecule has 3 aromatic rings. The van der Waals surface area contributed by atoms with Gasteiger partial charge in [0.25, 0.3) is 5.56 Å². The number of fused-ring (bicyclic) bond motifs is 1. The zero-order valence-corrected chi connectivity index (χ0v) is 14.9. The Kier molecular flexibility index (Phi) is 5.54. The molecular weight excluding hydrogens is 310 g/mol. The monoisotopic (exact) mass is 331 g/mol. The van der Waals surface area contributed by atoms with E-state index in [0.29, 0.717) is 28.6 Å². The second-order valence-electron chi connectivity index (χ2n) is 4.61. The maximum atomic E-state index is 12.7. The number of nitrogens with one attached hydrogen (secondary N) is 1. The number of rotatable bonds is 3. The lowest BCUT2D eigenvalue weighted by Gasteiger charge is -2.12. The summed E-state index contributed by atoms with van der Waals surface area (Å²) in [5, 5.41) is 8.33. The van der Waals surface area contributed by atoms with Gasteiger partial charge in [-0.05, 0) is 32.2 Å². The first kappa shape index (κ1) is 17.2. The van der Waals surface area contributed by atoms with Crippen molar-refractivity contribution in [2.24, 2.45) is 0 Å². The normalized spacial score (nSPS) is 10.5. The molecular formula is C16H21N5OS. The Morgan fingerprint density at radius 2 is 2.04 bits per heavy atom. The molecule has 1 N–H and O–H groups in total. The van der Waals surface area contributed by atoms with E-state index in [1.165, 1.54) is 11.8 Å². The zero-order chi connectivity index (χ0) is 17.0. The summed E-state index contributed by atoms with van der Waals surface area (Å²) < 4.78 is 1.68. The van der Waals surface area contributed by atoms with Crippen LogP contribution in [0.15, 0.2) is 28.3 Å². The highest BCUT2D eigenvalue weighted by Crippen LogP contribution is 2.22. The Morgan fingerprint density at radius 3 is 2.61 bits per heavy atom. The van der Waals surface area contributed by atoms with Gasteiger partial charge < -0.3 is 0 Å². The lowest BCUT2D eigenvalue weighted by molar-refractivity contribution is 0.740. The summed E-state index contributed by atoms with van der Waals surface area (Å²) in [7, 11) is 0. The molecule has 0 spiro atoms. The molecule has 0 atom stereocenters. The fourth-order valence-electron chi connectivity index (χ4n) is 2.35. The number of hydrogen-bond donors (Lipinski definition) is 1. The fraction of sp³-hybridized carbons (Fsp3) is 0.375. The van der Waals surface area contributed by atoms with Crippen LogP contribution in [0.4, 0.5) is 0 Å². The Morgan fingerprint density at radius 1 is 1.30 bits per heavy atom. The van der Waals surface area contributed by atoms with Crippen LogP contribution in [0, 0.1) is 6.92 Å². The highest BCUT2D eigenvalue weighted by atomic mass is 32.2. The van der Waals surface area contributed by atoms with Crippen LogP contribution in [-0.2, 0) is 6.54 Å². The summed E-state index contributed by atoms with van der Waals surface area (Å²) in [5.41, 5.74) is 2.78. The van der Waals surface area contributed by atoms with Gasteiger partial charge in [-0.15, -0.1) is 0 Å². The highest BCUT2D eigenvalue weighted by molar-refractivity contribution is 7.98. The second kappa shape index (κ2) is 7.41. The van der Waals surface area contributed by atoms with E-state index in [0.717, 1.165) is 11.1 Å². The van der Waals surface area contributed by atoms with Gasteiger partial charge in [-0.2, -0.15) is 5.10 Å². The van der Waals surface area contributed by atoms with Gasteiger partial charge in [-0.25, -0.2) is 9.97 Å². The van der Waals surface area contributed by atoms with Gasteiger partial charge in [0, 0.05) is 18.1 Å². The molecule has 7 heteroatoms. The van der Waals surface area contributed by atoms with Crippen molar-refractivity contribution < 1.29 is 0 Å². The van der Waals surface area contributed by atoms with E-state index in [2.05, 4.69) is 20.2 Å². The molecule has 0 bridgehead atoms. The van der Waals surface area contributed by atoms with Crippen LogP contribution >= 0.6 is 11.8 Å². The largest absolute Gasteiger partial charge is 0.292 e. The Hall–Kier alpha value is -2.15. The van der Waals surface area contributed by atoms with Crippen molar-refractivity contribution in [3.05, 3.63) is 34.4 Å². The molecule has 0 aliphatic rings. The Balaban J connectivity index is 0.000000924. The van der Waals surface area contributed by atoms with Crippen LogP contribution in [0.25, 0.3) is 22.3 Å². The standard InChI is InChI=1S/C14H15N5OS.C2H6/c1-4-19-12-9(8(2)16-14(17-12)21-3)7-10(13(19)20)11-5-6-15-18-11;1-2/h5-7H,4H2,1-3H3,(H,15,18);1-2H3. The number of aryl methyl sites for hydroxylation is 2. The Bertz CT molecular complexity index is 855. The van der Waals surface area contributed by atoms with Crippen molar-refractivity contribution in [3.63, 3.8) is 0 Å². The minimum absolute atomic E-state index is 0.0700. The molecule has 0 radical (unpaired) electrons. The predicted molar refractivity (Wildman–Crippen MR) is 94.9 cm³/mol. The SMILES string of the molecule is CC.CCn1c(=O)c(-c2ccn[nH]2)cc2c(C)nc(SC)nc21. The summed E-state index contributed by atoms with van der Waals surface area (Å²) in [5.74, 6) is 0. The van der Waals surface area contributed by atoms with Gasteiger partial charge in [0.15, 0.2) is 5.16 Å². The van der Waals surface area contributed by atoms with E-state index in [1.807, 2.05) is 40.0 Å². The van der Waals surface area contributed by atoms with E-state index in [9.17, 15) is 4.79 Å². The van der Waals surface area contributed by atoms with Gasteiger partial charge >= 0.3 is 0 Å². The molecule has 0 aromatic carbocycles. The topological polar surface area (TPSA) is 76.5 Å². The molecule has 0 amide bonds. The third-order valence-electron chi connectivity index (χ3n) is 3.41. The van der Waals surface area contributed by atoms with Gasteiger partial charge in [0.05, 0.1) is 17.0 Å². The van der Waals surface area contributed by atoms with Gasteiger partial charge in [0.2, 0.25) is 0 Å². The number of pyridine rings is 1. The maximum Gasteiger partial charge on any atom is 0.261 e. The van der Waals surface area contributed by atoms with Crippen molar-refractivity contribution in [3.8, 4) is 11.3 Å². The molecule has 0 saturated heterocycles. The van der Waals surface area contributed by atoms with Crippen molar-refractivity contribution in [2.45, 2.75) is 39.4 Å². The van der Waals surface area contributed by atoms with Crippen molar-refractivity contribution in [2.75, 3.05) is 6.26 Å². The van der Waals surface area contributed by atoms with Crippen molar-refractivity contribution in [1.29, 1.82) is 0 Å². The smallest absolute Gasteiger partial charge is 0.261 e. The van der Waals surface area contributed by atoms with Crippen LogP contribution in [0.3, 0.4) is 0 Å². The van der Waals surface area contributed by atoms with Crippen molar-refractivity contribution >= 4 is 22.8 Å². The number of thioether (sulfide) groups is 1. The molecule has 6 nitrogen and oxygen atoms in total. The molecule has 3 aromatic heterocycles. The third-order valence-corrected chi connectivity index (χ3v) is 3.95. The molecule has 0 aliphatic heterocycles. The number of aromatic nitrogens is 5. The fourth-order valence-corrected chi connectivity index (χ4v) is 2.75. The second-order valence-corrected chi connectivity index (χ2v) is 5.38. The molecule has 122 valence electrons. The van der Waals surface area contributed by atoms with E-state index in [1.54, 1.807) is 16.8 Å². The van der Waals surface area contributed by atoms with E-state index < -0.39 is 0 Å². The lowest BCUT2D eigenvalue weighted by atomic mass is 10.1. The lowest BCUT2D eigenvalue weighted by Crippen LogP contribution is -2.22. The van der Waals surface area contributed by atoms with Gasteiger partial charge in [-0.1, -0.05) is 25.6 Å². The highest BCUT2D eigenvalue weighted by Gasteiger charge is 2.15. The van der Waals surface area contributed by atoms with Gasteiger partial charge in [-0.3, -0.25) is 14.5 Å². The quantitative estimate of drug-likeness (QED) is 0.589. The van der Waals surface area contributed by atoms with Crippen LogP contribution in [0.1, 0.15) is 26.5 Å². The summed E-state index contributed by atoms with van der Waals surface area (Å²) in [6.07, 6.45) is 3.56. The van der Waals surface area contributed by atoms with Crippen LogP contribution < -0.4 is 5.56 Å².